The molecule has 0 N–H and O–H groups in total. The minimum absolute atomic E-state index is 0.201. The number of carbonyl (C=O) groups is 1. The number of allylic oxidation sites excluding steroid dienone is 1. The van der Waals surface area contributed by atoms with Crippen LogP contribution < -0.4 is 29.3 Å². The molecule has 10 heteroatoms. The van der Waals surface area contributed by atoms with Gasteiger partial charge in [0.2, 0.25) is 0 Å². The number of fused-ring (bicyclic) bond motifs is 1. The van der Waals surface area contributed by atoms with E-state index in [1.807, 2.05) is 25.1 Å². The van der Waals surface area contributed by atoms with Crippen molar-refractivity contribution in [2.75, 3.05) is 38.3 Å². The Bertz CT molecular complexity index is 1530. The van der Waals surface area contributed by atoms with E-state index < -0.39 is 12.0 Å². The number of esters is 1. The molecule has 38 heavy (non-hydrogen) atoms. The molecular formula is C28H33N3O6S. The molecule has 202 valence electrons. The molecule has 1 aliphatic heterocycles. The van der Waals surface area contributed by atoms with Gasteiger partial charge in [0.05, 0.1) is 42.2 Å². The Hall–Kier alpha value is -3.79. The van der Waals surface area contributed by atoms with Gasteiger partial charge in [0.15, 0.2) is 22.2 Å². The molecule has 1 aliphatic rings. The number of carbonyl (C=O) groups excluding carboxylic acids is 1. The smallest absolute Gasteiger partial charge is 0.338 e. The number of thiazole rings is 1. The van der Waals surface area contributed by atoms with Crippen molar-refractivity contribution >= 4 is 29.3 Å². The van der Waals surface area contributed by atoms with Crippen LogP contribution in [0.15, 0.2) is 55.8 Å². The van der Waals surface area contributed by atoms with E-state index in [2.05, 4.69) is 23.7 Å². The number of rotatable bonds is 10. The summed E-state index contributed by atoms with van der Waals surface area (Å²) in [4.78, 5) is 34.2. The molecule has 4 rings (SSSR count). The first kappa shape index (κ1) is 27.3. The van der Waals surface area contributed by atoms with Gasteiger partial charge in [0.1, 0.15) is 5.76 Å². The fourth-order valence-electron chi connectivity index (χ4n) is 4.49. The Morgan fingerprint density at radius 2 is 1.89 bits per heavy atom. The van der Waals surface area contributed by atoms with Crippen molar-refractivity contribution in [1.82, 2.24) is 4.57 Å². The van der Waals surface area contributed by atoms with E-state index >= 15 is 0 Å². The van der Waals surface area contributed by atoms with Gasteiger partial charge in [-0.05, 0) is 58.4 Å². The maximum atomic E-state index is 13.8. The summed E-state index contributed by atoms with van der Waals surface area (Å²) >= 11 is 1.25. The Balaban J connectivity index is 1.90. The summed E-state index contributed by atoms with van der Waals surface area (Å²) in [7, 11) is 1.56. The third-order valence-electron chi connectivity index (χ3n) is 6.28. The van der Waals surface area contributed by atoms with Gasteiger partial charge in [-0.15, -0.1) is 0 Å². The maximum absolute atomic E-state index is 13.8. The van der Waals surface area contributed by atoms with Crippen molar-refractivity contribution in [2.45, 2.75) is 40.7 Å². The summed E-state index contributed by atoms with van der Waals surface area (Å²) in [5.74, 6) is 1.87. The van der Waals surface area contributed by atoms with Gasteiger partial charge in [0, 0.05) is 25.2 Å². The van der Waals surface area contributed by atoms with Crippen molar-refractivity contribution in [3.8, 4) is 11.5 Å². The molecule has 9 nitrogen and oxygen atoms in total. The Morgan fingerprint density at radius 3 is 2.55 bits per heavy atom. The number of benzene rings is 1. The second-order valence-corrected chi connectivity index (χ2v) is 9.50. The molecule has 0 unspecified atom stereocenters. The lowest BCUT2D eigenvalue weighted by atomic mass is 9.95. The molecule has 0 amide bonds. The summed E-state index contributed by atoms with van der Waals surface area (Å²) in [6, 6.07) is 8.38. The van der Waals surface area contributed by atoms with E-state index in [9.17, 15) is 9.59 Å². The molecule has 0 fully saturated rings. The Labute approximate surface area is 225 Å². The highest BCUT2D eigenvalue weighted by molar-refractivity contribution is 7.07. The second-order valence-electron chi connectivity index (χ2n) is 8.49. The van der Waals surface area contributed by atoms with E-state index in [0.717, 1.165) is 19.0 Å². The van der Waals surface area contributed by atoms with Gasteiger partial charge in [-0.3, -0.25) is 9.36 Å². The zero-order chi connectivity index (χ0) is 27.4. The summed E-state index contributed by atoms with van der Waals surface area (Å²) in [6.45, 7) is 11.8. The molecule has 0 bridgehead atoms. The summed E-state index contributed by atoms with van der Waals surface area (Å²) in [5.41, 5.74) is 1.21. The lowest BCUT2D eigenvalue weighted by molar-refractivity contribution is -0.139. The quantitative estimate of drug-likeness (QED) is 0.363. The lowest BCUT2D eigenvalue weighted by Crippen LogP contribution is -2.39. The number of hydrogen-bond donors (Lipinski definition) is 0. The van der Waals surface area contributed by atoms with Crippen LogP contribution in [0, 0.1) is 0 Å². The van der Waals surface area contributed by atoms with Gasteiger partial charge in [-0.25, -0.2) is 9.79 Å². The highest BCUT2D eigenvalue weighted by Gasteiger charge is 2.34. The van der Waals surface area contributed by atoms with Crippen LogP contribution >= 0.6 is 11.3 Å². The zero-order valence-electron chi connectivity index (χ0n) is 22.6. The molecule has 1 aromatic carbocycles. The number of hydrogen-bond acceptors (Lipinski definition) is 9. The van der Waals surface area contributed by atoms with Crippen molar-refractivity contribution in [2.24, 2.45) is 4.99 Å². The number of methoxy groups -OCH3 is 1. The standard InChI is InChI=1S/C28H33N3O6S/c1-7-30(8-2)23-14-12-19(37-23)16-22-26(32)31-25(18-11-13-20(34-6)21(15-18)35-9-3)24(27(33)36-10-4)17(5)29-28(31)38-22/h11-16,25H,7-10H2,1-6H3/b22-16+/t25-/m0/s1. The molecule has 0 spiro atoms. The van der Waals surface area contributed by atoms with Gasteiger partial charge < -0.3 is 23.5 Å². The van der Waals surface area contributed by atoms with Crippen LogP contribution in [0.1, 0.15) is 52.0 Å². The van der Waals surface area contributed by atoms with Crippen LogP contribution in [0.2, 0.25) is 0 Å². The molecule has 0 radical (unpaired) electrons. The number of anilines is 1. The van der Waals surface area contributed by atoms with Gasteiger partial charge in [-0.1, -0.05) is 17.4 Å². The first-order valence-electron chi connectivity index (χ1n) is 12.7. The van der Waals surface area contributed by atoms with Crippen LogP contribution in [-0.2, 0) is 9.53 Å². The number of aromatic nitrogens is 1. The van der Waals surface area contributed by atoms with Gasteiger partial charge in [0.25, 0.3) is 5.56 Å². The second kappa shape index (κ2) is 11.7. The number of ether oxygens (including phenoxy) is 3. The number of furan rings is 1. The van der Waals surface area contributed by atoms with Crippen molar-refractivity contribution < 1.29 is 23.4 Å². The minimum Gasteiger partial charge on any atom is -0.493 e. The summed E-state index contributed by atoms with van der Waals surface area (Å²) in [5, 5.41) is 0. The molecule has 0 saturated heterocycles. The van der Waals surface area contributed by atoms with E-state index in [1.165, 1.54) is 11.3 Å². The van der Waals surface area contributed by atoms with E-state index in [4.69, 9.17) is 18.6 Å². The van der Waals surface area contributed by atoms with Crippen molar-refractivity contribution in [3.63, 3.8) is 0 Å². The maximum Gasteiger partial charge on any atom is 0.338 e. The normalized spacial score (nSPS) is 15.2. The first-order chi connectivity index (χ1) is 18.4. The summed E-state index contributed by atoms with van der Waals surface area (Å²) in [6.07, 6.45) is 1.72. The van der Waals surface area contributed by atoms with Crippen LogP contribution in [0.4, 0.5) is 5.88 Å². The molecule has 2 aromatic heterocycles. The summed E-state index contributed by atoms with van der Waals surface area (Å²) < 4.78 is 24.6. The SMILES string of the molecule is CCOC(=O)C1=C(C)N=c2s/c(=C/c3ccc(N(CC)CC)o3)c(=O)n2[C@H]1c1ccc(OC)c(OCC)c1. The van der Waals surface area contributed by atoms with Crippen molar-refractivity contribution in [3.05, 3.63) is 72.6 Å². The van der Waals surface area contributed by atoms with Crippen LogP contribution in [0.5, 0.6) is 11.5 Å². The predicted molar refractivity (Wildman–Crippen MR) is 147 cm³/mol. The third kappa shape index (κ3) is 5.13. The molecule has 0 saturated carbocycles. The minimum atomic E-state index is -0.750. The predicted octanol–water partition coefficient (Wildman–Crippen LogP) is 3.64. The van der Waals surface area contributed by atoms with Gasteiger partial charge >= 0.3 is 5.97 Å². The molecule has 0 aliphatic carbocycles. The van der Waals surface area contributed by atoms with Crippen molar-refractivity contribution in [1.29, 1.82) is 0 Å². The van der Waals surface area contributed by atoms with Crippen LogP contribution in [0.3, 0.4) is 0 Å². The van der Waals surface area contributed by atoms with E-state index in [-0.39, 0.29) is 12.2 Å². The molecule has 3 heterocycles. The van der Waals surface area contributed by atoms with E-state index in [1.54, 1.807) is 43.7 Å². The fraction of sp³-hybridized carbons (Fsp3) is 0.393. The fourth-order valence-corrected chi connectivity index (χ4v) is 5.52. The largest absolute Gasteiger partial charge is 0.493 e. The highest BCUT2D eigenvalue weighted by atomic mass is 32.1. The Morgan fingerprint density at radius 1 is 1.13 bits per heavy atom. The van der Waals surface area contributed by atoms with E-state index in [0.29, 0.717) is 50.0 Å². The first-order valence-corrected chi connectivity index (χ1v) is 13.5. The monoisotopic (exact) mass is 539 g/mol. The highest BCUT2D eigenvalue weighted by Crippen LogP contribution is 2.36. The average Bonchev–Trinajstić information content (AvgIpc) is 3.48. The molecule has 3 aromatic rings. The van der Waals surface area contributed by atoms with Gasteiger partial charge in [-0.2, -0.15) is 0 Å². The lowest BCUT2D eigenvalue weighted by Gasteiger charge is -2.25. The zero-order valence-corrected chi connectivity index (χ0v) is 23.4. The third-order valence-corrected chi connectivity index (χ3v) is 7.26. The molecular weight excluding hydrogens is 506 g/mol. The van der Waals surface area contributed by atoms with Crippen LogP contribution in [0.25, 0.3) is 6.08 Å². The van der Waals surface area contributed by atoms with Crippen LogP contribution in [-0.4, -0.2) is 43.9 Å². The average molecular weight is 540 g/mol. The molecule has 1 atom stereocenters. The number of nitrogens with zero attached hydrogens (tertiary/aromatic N) is 3. The Kier molecular flexibility index (Phi) is 8.41. The topological polar surface area (TPSA) is 95.5 Å².